The number of hydrogen-bond donors (Lipinski definition) is 2. The van der Waals surface area contributed by atoms with Crippen LogP contribution in [0.5, 0.6) is 5.75 Å². The van der Waals surface area contributed by atoms with Gasteiger partial charge in [-0.1, -0.05) is 0 Å². The van der Waals surface area contributed by atoms with Crippen molar-refractivity contribution < 1.29 is 19.4 Å². The number of carbonyl (C=O) groups excluding carboxylic acids is 1. The minimum Gasteiger partial charge on any atom is -0.497 e. The third-order valence-corrected chi connectivity index (χ3v) is 2.86. The van der Waals surface area contributed by atoms with Gasteiger partial charge in [0.1, 0.15) is 5.75 Å². The van der Waals surface area contributed by atoms with Crippen LogP contribution in [0.15, 0.2) is 36.7 Å². The van der Waals surface area contributed by atoms with Crippen LogP contribution in [-0.4, -0.2) is 33.9 Å². The standard InChI is InChI=1S/C14H15N3O4/c1-21-10-3-4-12(11(9-10)14(19)20)16-13(18)5-8-17-7-2-6-15-17/h2-4,6-7,9H,5,8H2,1H3,(H,16,18)(H,19,20). The summed E-state index contributed by atoms with van der Waals surface area (Å²) in [5, 5.41) is 15.7. The Morgan fingerprint density at radius 1 is 1.43 bits per heavy atom. The monoisotopic (exact) mass is 289 g/mol. The number of methoxy groups -OCH3 is 1. The SMILES string of the molecule is COc1ccc(NC(=O)CCn2cccn2)c(C(=O)O)c1. The number of aromatic carboxylic acids is 1. The number of amides is 1. The molecule has 2 rings (SSSR count). The normalized spacial score (nSPS) is 10.1. The molecule has 0 fully saturated rings. The van der Waals surface area contributed by atoms with Gasteiger partial charge in [-0.2, -0.15) is 5.10 Å². The topological polar surface area (TPSA) is 93.5 Å². The molecular weight excluding hydrogens is 274 g/mol. The van der Waals surface area contributed by atoms with E-state index in [0.29, 0.717) is 12.3 Å². The largest absolute Gasteiger partial charge is 0.497 e. The van der Waals surface area contributed by atoms with E-state index in [-0.39, 0.29) is 23.6 Å². The van der Waals surface area contributed by atoms with Crippen molar-refractivity contribution in [3.63, 3.8) is 0 Å². The van der Waals surface area contributed by atoms with Crippen LogP contribution in [0.1, 0.15) is 16.8 Å². The zero-order valence-corrected chi connectivity index (χ0v) is 11.4. The van der Waals surface area contributed by atoms with Gasteiger partial charge in [0.05, 0.1) is 18.4 Å². The number of hydrogen-bond acceptors (Lipinski definition) is 4. The highest BCUT2D eigenvalue weighted by Gasteiger charge is 2.13. The highest BCUT2D eigenvalue weighted by atomic mass is 16.5. The smallest absolute Gasteiger partial charge is 0.337 e. The summed E-state index contributed by atoms with van der Waals surface area (Å²) in [4.78, 5) is 23.1. The van der Waals surface area contributed by atoms with Gasteiger partial charge in [-0.3, -0.25) is 9.48 Å². The number of aryl methyl sites for hydroxylation is 1. The number of nitrogens with zero attached hydrogens (tertiary/aromatic N) is 2. The molecule has 21 heavy (non-hydrogen) atoms. The van der Waals surface area contributed by atoms with E-state index in [1.165, 1.54) is 19.2 Å². The minimum absolute atomic E-state index is 0.0122. The maximum atomic E-state index is 11.9. The first kappa shape index (κ1) is 14.6. The maximum Gasteiger partial charge on any atom is 0.337 e. The second-order valence-electron chi connectivity index (χ2n) is 4.28. The molecular formula is C14H15N3O4. The fraction of sp³-hybridized carbons (Fsp3) is 0.214. The molecule has 0 saturated carbocycles. The van der Waals surface area contributed by atoms with Crippen LogP contribution in [-0.2, 0) is 11.3 Å². The predicted molar refractivity (Wildman–Crippen MR) is 75.4 cm³/mol. The van der Waals surface area contributed by atoms with Crippen molar-refractivity contribution in [1.82, 2.24) is 9.78 Å². The van der Waals surface area contributed by atoms with Crippen LogP contribution in [0.25, 0.3) is 0 Å². The molecule has 0 saturated heterocycles. The number of aromatic nitrogens is 2. The second-order valence-corrected chi connectivity index (χ2v) is 4.28. The van der Waals surface area contributed by atoms with Crippen molar-refractivity contribution in [1.29, 1.82) is 0 Å². The quantitative estimate of drug-likeness (QED) is 0.842. The molecule has 0 radical (unpaired) electrons. The second kappa shape index (κ2) is 6.56. The Balaban J connectivity index is 2.04. The number of rotatable bonds is 6. The summed E-state index contributed by atoms with van der Waals surface area (Å²) in [6.07, 6.45) is 3.58. The van der Waals surface area contributed by atoms with Crippen molar-refractivity contribution >= 4 is 17.6 Å². The van der Waals surface area contributed by atoms with Crippen LogP contribution in [0.3, 0.4) is 0 Å². The van der Waals surface area contributed by atoms with E-state index >= 15 is 0 Å². The first-order chi connectivity index (χ1) is 10.1. The molecule has 0 spiro atoms. The average Bonchev–Trinajstić information content (AvgIpc) is 2.98. The van der Waals surface area contributed by atoms with Crippen LogP contribution in [0.2, 0.25) is 0 Å². The lowest BCUT2D eigenvalue weighted by molar-refractivity contribution is -0.116. The summed E-state index contributed by atoms with van der Waals surface area (Å²) in [5.74, 6) is -0.989. The zero-order valence-electron chi connectivity index (χ0n) is 11.4. The fourth-order valence-corrected chi connectivity index (χ4v) is 1.80. The summed E-state index contributed by atoms with van der Waals surface area (Å²) in [5.41, 5.74) is 0.232. The number of anilines is 1. The maximum absolute atomic E-state index is 11.9. The van der Waals surface area contributed by atoms with Crippen molar-refractivity contribution in [3.8, 4) is 5.75 Å². The van der Waals surface area contributed by atoms with Gasteiger partial charge in [0, 0.05) is 25.4 Å². The Morgan fingerprint density at radius 3 is 2.86 bits per heavy atom. The number of ether oxygens (including phenoxy) is 1. The molecule has 1 aromatic carbocycles. The van der Waals surface area contributed by atoms with E-state index in [1.807, 2.05) is 0 Å². The lowest BCUT2D eigenvalue weighted by Gasteiger charge is -2.10. The van der Waals surface area contributed by atoms with E-state index in [4.69, 9.17) is 9.84 Å². The Kier molecular flexibility index (Phi) is 4.55. The Morgan fingerprint density at radius 2 is 2.24 bits per heavy atom. The number of nitrogens with one attached hydrogen (secondary N) is 1. The van der Waals surface area contributed by atoms with Crippen LogP contribution >= 0.6 is 0 Å². The first-order valence-electron chi connectivity index (χ1n) is 6.29. The van der Waals surface area contributed by atoms with Crippen molar-refractivity contribution in [2.75, 3.05) is 12.4 Å². The summed E-state index contributed by atoms with van der Waals surface area (Å²) < 4.78 is 6.60. The lowest BCUT2D eigenvalue weighted by Crippen LogP contribution is -2.16. The molecule has 1 heterocycles. The first-order valence-corrected chi connectivity index (χ1v) is 6.29. The molecule has 2 aromatic rings. The molecule has 7 heteroatoms. The molecule has 7 nitrogen and oxygen atoms in total. The van der Waals surface area contributed by atoms with Gasteiger partial charge in [-0.05, 0) is 24.3 Å². The molecule has 0 unspecified atom stereocenters. The number of carboxylic acid groups (broad SMARTS) is 1. The van der Waals surface area contributed by atoms with E-state index in [0.717, 1.165) is 0 Å². The van der Waals surface area contributed by atoms with Gasteiger partial charge in [0.15, 0.2) is 0 Å². The summed E-state index contributed by atoms with van der Waals surface area (Å²) >= 11 is 0. The molecule has 2 N–H and O–H groups in total. The van der Waals surface area contributed by atoms with Crippen molar-refractivity contribution in [2.45, 2.75) is 13.0 Å². The molecule has 1 amide bonds. The molecule has 0 atom stereocenters. The highest BCUT2D eigenvalue weighted by molar-refractivity contribution is 6.00. The number of carboxylic acids is 1. The minimum atomic E-state index is -1.13. The van der Waals surface area contributed by atoms with Gasteiger partial charge >= 0.3 is 5.97 Å². The molecule has 110 valence electrons. The number of carbonyl (C=O) groups is 2. The van der Waals surface area contributed by atoms with Gasteiger partial charge in [-0.15, -0.1) is 0 Å². The molecule has 1 aromatic heterocycles. The molecule has 0 aliphatic rings. The van der Waals surface area contributed by atoms with Crippen molar-refractivity contribution in [3.05, 3.63) is 42.2 Å². The third-order valence-electron chi connectivity index (χ3n) is 2.86. The van der Waals surface area contributed by atoms with Crippen molar-refractivity contribution in [2.24, 2.45) is 0 Å². The summed E-state index contributed by atoms with van der Waals surface area (Å²) in [7, 11) is 1.45. The lowest BCUT2D eigenvalue weighted by atomic mass is 10.1. The average molecular weight is 289 g/mol. The van der Waals surface area contributed by atoms with E-state index in [9.17, 15) is 9.59 Å². The van der Waals surface area contributed by atoms with Crippen LogP contribution < -0.4 is 10.1 Å². The van der Waals surface area contributed by atoms with Gasteiger partial charge in [0.25, 0.3) is 0 Å². The van der Waals surface area contributed by atoms with E-state index in [1.54, 1.807) is 29.2 Å². The molecule has 0 bridgehead atoms. The third kappa shape index (κ3) is 3.82. The van der Waals surface area contributed by atoms with E-state index < -0.39 is 5.97 Å². The van der Waals surface area contributed by atoms with Crippen LogP contribution in [0.4, 0.5) is 5.69 Å². The highest BCUT2D eigenvalue weighted by Crippen LogP contribution is 2.22. The Bertz CT molecular complexity index is 638. The van der Waals surface area contributed by atoms with Gasteiger partial charge in [0.2, 0.25) is 5.91 Å². The summed E-state index contributed by atoms with van der Waals surface area (Å²) in [6.45, 7) is 0.428. The Labute approximate surface area is 121 Å². The summed E-state index contributed by atoms with van der Waals surface area (Å²) in [6, 6.07) is 6.24. The van der Waals surface area contributed by atoms with Gasteiger partial charge < -0.3 is 15.2 Å². The number of benzene rings is 1. The Hall–Kier alpha value is -2.83. The van der Waals surface area contributed by atoms with Crippen LogP contribution in [0, 0.1) is 0 Å². The zero-order chi connectivity index (χ0) is 15.2. The van der Waals surface area contributed by atoms with E-state index in [2.05, 4.69) is 10.4 Å². The molecule has 0 aliphatic heterocycles. The molecule has 0 aliphatic carbocycles. The fourth-order valence-electron chi connectivity index (χ4n) is 1.80. The predicted octanol–water partition coefficient (Wildman–Crippen LogP) is 1.62. The van der Waals surface area contributed by atoms with Gasteiger partial charge in [-0.25, -0.2) is 4.79 Å².